The molecule has 2 unspecified atom stereocenters. The molecule has 2 aliphatic rings. The molecule has 7 heteroatoms. The van der Waals surface area contributed by atoms with Crippen molar-refractivity contribution < 1.29 is 17.7 Å². The number of halogens is 3. The molecular weight excluding hydrogens is 473 g/mol. The van der Waals surface area contributed by atoms with Crippen LogP contribution < -0.4 is 0 Å². The summed E-state index contributed by atoms with van der Waals surface area (Å²) in [5, 5.41) is 0. The van der Waals surface area contributed by atoms with Gasteiger partial charge in [0.2, 0.25) is 5.84 Å². The summed E-state index contributed by atoms with van der Waals surface area (Å²) in [4.78, 5) is 9.87. The minimum absolute atomic E-state index is 0.366. The summed E-state index contributed by atoms with van der Waals surface area (Å²) in [7, 11) is 0. The molecule has 0 bridgehead atoms. The molecule has 2 aliphatic heterocycles. The van der Waals surface area contributed by atoms with E-state index in [1.54, 1.807) is 5.84 Å². The van der Waals surface area contributed by atoms with Crippen LogP contribution in [0.25, 0.3) is 0 Å². The highest BCUT2D eigenvalue weighted by atomic mass is 19.4. The Hall–Kier alpha value is -2.05. The van der Waals surface area contributed by atoms with Gasteiger partial charge < -0.3 is 4.90 Å². The fraction of sp³-hybridized carbons (Fsp3) is 0.733. The minimum Gasteiger partial charge on any atom is -0.355 e. The van der Waals surface area contributed by atoms with Gasteiger partial charge in [-0.1, -0.05) is 45.4 Å². The normalized spacial score (nSPS) is 20.4. The van der Waals surface area contributed by atoms with Gasteiger partial charge in [-0.2, -0.15) is 13.2 Å². The summed E-state index contributed by atoms with van der Waals surface area (Å²) in [6.45, 7) is 14.0. The second kappa shape index (κ2) is 14.2. The van der Waals surface area contributed by atoms with E-state index in [1.165, 1.54) is 44.4 Å². The number of amidine groups is 2. The lowest BCUT2D eigenvalue weighted by atomic mass is 10.0. The molecule has 37 heavy (non-hydrogen) atoms. The summed E-state index contributed by atoms with van der Waals surface area (Å²) in [6, 6.07) is 6.74. The third-order valence-corrected chi connectivity index (χ3v) is 7.78. The molecule has 0 saturated carbocycles. The number of alkyl halides is 3. The lowest BCUT2D eigenvalue weighted by Gasteiger charge is -2.28. The van der Waals surface area contributed by atoms with Gasteiger partial charge in [-0.05, 0) is 63.5 Å². The van der Waals surface area contributed by atoms with Gasteiger partial charge in [-0.3, -0.25) is 14.5 Å². The van der Waals surface area contributed by atoms with Crippen molar-refractivity contribution in [3.8, 4) is 0 Å². The zero-order chi connectivity index (χ0) is 26.8. The maximum Gasteiger partial charge on any atom is 0.416 e. The Balaban J connectivity index is 1.55. The molecule has 0 fully saturated rings. The smallest absolute Gasteiger partial charge is 0.355 e. The molecule has 208 valence electrons. The van der Waals surface area contributed by atoms with Crippen molar-refractivity contribution in [3.05, 3.63) is 35.4 Å². The topological polar surface area (TPSA) is 21.9 Å². The van der Waals surface area contributed by atoms with Gasteiger partial charge in [0, 0.05) is 25.4 Å². The van der Waals surface area contributed by atoms with E-state index in [4.69, 9.17) is 4.99 Å². The SMILES string of the molecule is CCCCN1C(CCC)=[N+](CCCCC2CN=C(CCC)N2CCc2cccc(C(F)(F)F)c2)CC1C. The standard InChI is InChI=1S/C30H48F3N4/c1-5-8-19-36-24(4)23-35(29(36)13-7-3)18-10-9-16-27-22-34-28(12-6-2)37(27)20-17-25-14-11-15-26(21-25)30(31,32)33/h11,14-15,21,24,27H,5-10,12-13,16-20,22-23H2,1-4H3/q+1. The molecule has 0 radical (unpaired) electrons. The summed E-state index contributed by atoms with van der Waals surface area (Å²) in [5.41, 5.74) is 0.181. The fourth-order valence-corrected chi connectivity index (χ4v) is 5.83. The predicted octanol–water partition coefficient (Wildman–Crippen LogP) is 7.02. The third-order valence-electron chi connectivity index (χ3n) is 7.78. The fourth-order valence-electron chi connectivity index (χ4n) is 5.83. The van der Waals surface area contributed by atoms with Crippen molar-refractivity contribution in [2.24, 2.45) is 4.99 Å². The van der Waals surface area contributed by atoms with Crippen LogP contribution in [0.15, 0.2) is 29.3 Å². The Morgan fingerprint density at radius 1 is 0.946 bits per heavy atom. The molecule has 0 aliphatic carbocycles. The second-order valence-corrected chi connectivity index (χ2v) is 10.8. The summed E-state index contributed by atoms with van der Waals surface area (Å²) < 4.78 is 42.1. The van der Waals surface area contributed by atoms with Crippen LogP contribution in [-0.4, -0.2) is 70.9 Å². The van der Waals surface area contributed by atoms with E-state index < -0.39 is 11.7 Å². The van der Waals surface area contributed by atoms with Crippen LogP contribution in [0.5, 0.6) is 0 Å². The number of benzene rings is 1. The number of rotatable bonds is 15. The molecule has 2 atom stereocenters. The van der Waals surface area contributed by atoms with E-state index in [1.807, 2.05) is 6.07 Å². The first-order chi connectivity index (χ1) is 17.8. The first-order valence-electron chi connectivity index (χ1n) is 14.6. The predicted molar refractivity (Wildman–Crippen MR) is 148 cm³/mol. The lowest BCUT2D eigenvalue weighted by Crippen LogP contribution is -2.38. The van der Waals surface area contributed by atoms with Gasteiger partial charge in [-0.25, -0.2) is 0 Å². The Morgan fingerprint density at radius 3 is 2.43 bits per heavy atom. The third kappa shape index (κ3) is 8.22. The molecule has 1 aromatic carbocycles. The molecule has 0 amide bonds. The molecule has 3 rings (SSSR count). The number of hydrogen-bond donors (Lipinski definition) is 0. The maximum atomic E-state index is 13.1. The van der Waals surface area contributed by atoms with Crippen molar-refractivity contribution >= 4 is 11.7 Å². The first kappa shape index (κ1) is 29.5. The molecule has 4 nitrogen and oxygen atoms in total. The summed E-state index contributed by atoms with van der Waals surface area (Å²) in [6.07, 6.45) is 6.52. The van der Waals surface area contributed by atoms with Crippen LogP contribution in [0.1, 0.15) is 96.6 Å². The van der Waals surface area contributed by atoms with Crippen LogP contribution >= 0.6 is 0 Å². The van der Waals surface area contributed by atoms with Gasteiger partial charge in [0.1, 0.15) is 12.6 Å². The minimum atomic E-state index is -4.30. The summed E-state index contributed by atoms with van der Waals surface area (Å²) >= 11 is 0. The van der Waals surface area contributed by atoms with E-state index >= 15 is 0 Å². The Bertz CT molecular complexity index is 908. The highest BCUT2D eigenvalue weighted by molar-refractivity contribution is 5.84. The van der Waals surface area contributed by atoms with Gasteiger partial charge in [0.25, 0.3) is 0 Å². The average Bonchev–Trinajstić information content (AvgIpc) is 3.38. The molecule has 0 spiro atoms. The summed E-state index contributed by atoms with van der Waals surface area (Å²) in [5.74, 6) is 2.68. The first-order valence-corrected chi connectivity index (χ1v) is 14.6. The molecule has 0 saturated heterocycles. The maximum absolute atomic E-state index is 13.1. The van der Waals surface area contributed by atoms with E-state index in [-0.39, 0.29) is 0 Å². The zero-order valence-electron chi connectivity index (χ0n) is 23.5. The van der Waals surface area contributed by atoms with Gasteiger partial charge in [0.05, 0.1) is 31.0 Å². The Kier molecular flexibility index (Phi) is 11.3. The number of nitrogens with zero attached hydrogens (tertiary/aromatic N) is 4. The van der Waals surface area contributed by atoms with Crippen LogP contribution in [0.4, 0.5) is 13.2 Å². The molecule has 2 heterocycles. The van der Waals surface area contributed by atoms with Gasteiger partial charge in [-0.15, -0.1) is 0 Å². The molecule has 1 aromatic rings. The van der Waals surface area contributed by atoms with Crippen LogP contribution in [0.3, 0.4) is 0 Å². The van der Waals surface area contributed by atoms with E-state index in [2.05, 4.69) is 42.1 Å². The number of hydrogen-bond acceptors (Lipinski definition) is 3. The van der Waals surface area contributed by atoms with E-state index in [0.29, 0.717) is 18.5 Å². The van der Waals surface area contributed by atoms with Crippen molar-refractivity contribution in [2.75, 3.05) is 32.7 Å². The Morgan fingerprint density at radius 2 is 1.73 bits per heavy atom. The van der Waals surface area contributed by atoms with Crippen molar-refractivity contribution in [3.63, 3.8) is 0 Å². The van der Waals surface area contributed by atoms with Crippen LogP contribution in [0, 0.1) is 0 Å². The van der Waals surface area contributed by atoms with Crippen molar-refractivity contribution in [2.45, 2.75) is 110 Å². The zero-order valence-corrected chi connectivity index (χ0v) is 23.5. The second-order valence-electron chi connectivity index (χ2n) is 10.8. The van der Waals surface area contributed by atoms with Gasteiger partial charge >= 0.3 is 6.18 Å². The molecule has 0 N–H and O–H groups in total. The van der Waals surface area contributed by atoms with Crippen LogP contribution in [0.2, 0.25) is 0 Å². The van der Waals surface area contributed by atoms with Gasteiger partial charge in [0.15, 0.2) is 0 Å². The van der Waals surface area contributed by atoms with Crippen LogP contribution in [-0.2, 0) is 12.6 Å². The quantitative estimate of drug-likeness (QED) is 0.183. The lowest BCUT2D eigenvalue weighted by molar-refractivity contribution is -0.522. The van der Waals surface area contributed by atoms with Crippen molar-refractivity contribution in [1.29, 1.82) is 0 Å². The van der Waals surface area contributed by atoms with Crippen molar-refractivity contribution in [1.82, 2.24) is 9.80 Å². The van der Waals surface area contributed by atoms with E-state index in [0.717, 1.165) is 75.7 Å². The monoisotopic (exact) mass is 521 g/mol. The highest BCUT2D eigenvalue weighted by Gasteiger charge is 2.35. The molecular formula is C30H48F3N4+. The average molecular weight is 522 g/mol. The number of unbranched alkanes of at least 4 members (excludes halogenated alkanes) is 2. The largest absolute Gasteiger partial charge is 0.416 e. The number of aliphatic imine (C=N–C) groups is 1. The van der Waals surface area contributed by atoms with E-state index in [9.17, 15) is 13.2 Å². The highest BCUT2D eigenvalue weighted by Crippen LogP contribution is 2.30. The molecule has 0 aromatic heterocycles. The Labute approximate surface area is 222 Å².